The molecule has 144 valence electrons. The summed E-state index contributed by atoms with van der Waals surface area (Å²) in [5.41, 5.74) is 0.275. The summed E-state index contributed by atoms with van der Waals surface area (Å²) in [6.45, 7) is -0.179. The number of fused-ring (bicyclic) bond motifs is 1. The van der Waals surface area contributed by atoms with Crippen molar-refractivity contribution >= 4 is 34.0 Å². The molecule has 6 nitrogen and oxygen atoms in total. The first-order chi connectivity index (χ1) is 14.1. The van der Waals surface area contributed by atoms with Crippen LogP contribution in [0.2, 0.25) is 5.02 Å². The van der Waals surface area contributed by atoms with Gasteiger partial charge in [-0.25, -0.2) is 4.68 Å². The normalized spacial score (nSPS) is 10.7. The Balaban J connectivity index is 1.43. The van der Waals surface area contributed by atoms with E-state index in [1.54, 1.807) is 60.8 Å². The van der Waals surface area contributed by atoms with Crippen LogP contribution in [0.1, 0.15) is 0 Å². The lowest BCUT2D eigenvalue weighted by Crippen LogP contribution is -2.29. The van der Waals surface area contributed by atoms with Gasteiger partial charge in [-0.3, -0.25) is 9.59 Å². The molecule has 4 rings (SSSR count). The van der Waals surface area contributed by atoms with Crippen LogP contribution in [0.3, 0.4) is 0 Å². The van der Waals surface area contributed by atoms with Crippen LogP contribution in [-0.4, -0.2) is 15.7 Å². The molecule has 29 heavy (non-hydrogen) atoms. The molecule has 3 aromatic carbocycles. The summed E-state index contributed by atoms with van der Waals surface area (Å²) in [6.07, 6.45) is 1.57. The van der Waals surface area contributed by atoms with Crippen LogP contribution in [0, 0.1) is 0 Å². The molecule has 0 aliphatic rings. The van der Waals surface area contributed by atoms with E-state index in [9.17, 15) is 9.59 Å². The second kappa shape index (κ2) is 8.16. The molecule has 0 bridgehead atoms. The number of rotatable bonds is 5. The Bertz CT molecular complexity index is 1240. The van der Waals surface area contributed by atoms with Gasteiger partial charge in [0, 0.05) is 11.1 Å². The molecule has 4 aromatic rings. The third-order valence-electron chi connectivity index (χ3n) is 4.26. The number of aromatic nitrogens is 2. The first kappa shape index (κ1) is 18.7. The average Bonchev–Trinajstić information content (AvgIpc) is 2.73. The Morgan fingerprint density at radius 1 is 1.00 bits per heavy atom. The molecule has 0 aliphatic heterocycles. The van der Waals surface area contributed by atoms with Gasteiger partial charge in [-0.1, -0.05) is 41.9 Å². The van der Waals surface area contributed by atoms with Crippen molar-refractivity contribution in [3.63, 3.8) is 0 Å². The van der Waals surface area contributed by atoms with E-state index in [2.05, 4.69) is 10.4 Å². The number of halogens is 1. The number of carbonyl (C=O) groups excluding carboxylic acids is 1. The van der Waals surface area contributed by atoms with Crippen molar-refractivity contribution in [3.05, 3.63) is 94.4 Å². The molecule has 1 aromatic heterocycles. The van der Waals surface area contributed by atoms with E-state index < -0.39 is 0 Å². The van der Waals surface area contributed by atoms with Crippen molar-refractivity contribution in [1.82, 2.24) is 9.78 Å². The van der Waals surface area contributed by atoms with Crippen molar-refractivity contribution in [3.8, 4) is 11.5 Å². The van der Waals surface area contributed by atoms with Crippen molar-refractivity contribution in [2.45, 2.75) is 6.54 Å². The Morgan fingerprint density at radius 2 is 1.72 bits per heavy atom. The van der Waals surface area contributed by atoms with Gasteiger partial charge in [-0.2, -0.15) is 5.10 Å². The van der Waals surface area contributed by atoms with E-state index >= 15 is 0 Å². The summed E-state index contributed by atoms with van der Waals surface area (Å²) in [6, 6.07) is 21.2. The van der Waals surface area contributed by atoms with Crippen LogP contribution < -0.4 is 15.6 Å². The first-order valence-electron chi connectivity index (χ1n) is 8.87. The summed E-state index contributed by atoms with van der Waals surface area (Å²) in [7, 11) is 0. The van der Waals surface area contributed by atoms with E-state index in [1.807, 2.05) is 18.2 Å². The summed E-state index contributed by atoms with van der Waals surface area (Å²) >= 11 is 6.08. The molecule has 1 heterocycles. The number of hydrogen-bond donors (Lipinski definition) is 1. The lowest BCUT2D eigenvalue weighted by atomic mass is 10.2. The standard InChI is InChI=1S/C22H16ClN3O3/c23-19-7-3-4-8-20(19)29-17-11-9-16(10-12-17)25-21(27)14-26-22(28)18-6-2-1-5-15(18)13-24-26/h1-13H,14H2,(H,25,27). The van der Waals surface area contributed by atoms with Crippen LogP contribution in [0.25, 0.3) is 10.8 Å². The molecule has 0 fully saturated rings. The van der Waals surface area contributed by atoms with Gasteiger partial charge in [-0.05, 0) is 42.5 Å². The van der Waals surface area contributed by atoms with Crippen LogP contribution in [-0.2, 0) is 11.3 Å². The maximum atomic E-state index is 12.5. The van der Waals surface area contributed by atoms with Crippen LogP contribution in [0.15, 0.2) is 83.8 Å². The zero-order valence-corrected chi connectivity index (χ0v) is 16.0. The molecular weight excluding hydrogens is 390 g/mol. The van der Waals surface area contributed by atoms with E-state index in [0.717, 1.165) is 10.1 Å². The van der Waals surface area contributed by atoms with Gasteiger partial charge >= 0.3 is 0 Å². The highest BCUT2D eigenvalue weighted by atomic mass is 35.5. The first-order valence-corrected chi connectivity index (χ1v) is 9.25. The zero-order chi connectivity index (χ0) is 20.2. The fraction of sp³-hybridized carbons (Fsp3) is 0.0455. The van der Waals surface area contributed by atoms with Crippen LogP contribution >= 0.6 is 11.6 Å². The molecule has 1 amide bonds. The molecule has 0 spiro atoms. The highest BCUT2D eigenvalue weighted by Gasteiger charge is 2.09. The molecule has 0 atom stereocenters. The lowest BCUT2D eigenvalue weighted by Gasteiger charge is -2.10. The second-order valence-electron chi connectivity index (χ2n) is 6.30. The smallest absolute Gasteiger partial charge is 0.275 e. The van der Waals surface area contributed by atoms with Crippen molar-refractivity contribution in [1.29, 1.82) is 0 Å². The van der Waals surface area contributed by atoms with Crippen molar-refractivity contribution in [2.75, 3.05) is 5.32 Å². The van der Waals surface area contributed by atoms with Crippen molar-refractivity contribution < 1.29 is 9.53 Å². The van der Waals surface area contributed by atoms with Gasteiger partial charge in [0.15, 0.2) is 0 Å². The minimum Gasteiger partial charge on any atom is -0.456 e. The molecule has 0 saturated heterocycles. The number of benzene rings is 3. The largest absolute Gasteiger partial charge is 0.456 e. The van der Waals surface area contributed by atoms with E-state index in [0.29, 0.717) is 27.6 Å². The molecular formula is C22H16ClN3O3. The van der Waals surface area contributed by atoms with Gasteiger partial charge in [0.05, 0.1) is 16.6 Å². The van der Waals surface area contributed by atoms with Gasteiger partial charge < -0.3 is 10.1 Å². The fourth-order valence-electron chi connectivity index (χ4n) is 2.84. The van der Waals surface area contributed by atoms with Crippen LogP contribution in [0.4, 0.5) is 5.69 Å². The number of nitrogens with one attached hydrogen (secondary N) is 1. The third kappa shape index (κ3) is 4.28. The predicted molar refractivity (Wildman–Crippen MR) is 113 cm³/mol. The summed E-state index contributed by atoms with van der Waals surface area (Å²) in [5.74, 6) is 0.783. The number of nitrogens with zero attached hydrogens (tertiary/aromatic N) is 2. The lowest BCUT2D eigenvalue weighted by molar-refractivity contribution is -0.117. The maximum Gasteiger partial charge on any atom is 0.275 e. The Morgan fingerprint density at radius 3 is 2.52 bits per heavy atom. The third-order valence-corrected chi connectivity index (χ3v) is 4.57. The molecule has 0 unspecified atom stereocenters. The minimum atomic E-state index is -0.352. The van der Waals surface area contributed by atoms with E-state index in [4.69, 9.17) is 16.3 Å². The number of amides is 1. The van der Waals surface area contributed by atoms with E-state index in [1.165, 1.54) is 0 Å². The van der Waals surface area contributed by atoms with Crippen LogP contribution in [0.5, 0.6) is 11.5 Å². The van der Waals surface area contributed by atoms with E-state index in [-0.39, 0.29) is 18.0 Å². The second-order valence-corrected chi connectivity index (χ2v) is 6.71. The molecule has 0 radical (unpaired) electrons. The zero-order valence-electron chi connectivity index (χ0n) is 15.2. The number of carbonyl (C=O) groups is 1. The summed E-state index contributed by atoms with van der Waals surface area (Å²) in [4.78, 5) is 24.8. The Hall–Kier alpha value is -3.64. The molecule has 1 N–H and O–H groups in total. The highest BCUT2D eigenvalue weighted by Crippen LogP contribution is 2.29. The number of ether oxygens (including phenoxy) is 1. The Labute approximate surface area is 171 Å². The van der Waals surface area contributed by atoms with Gasteiger partial charge in [0.2, 0.25) is 5.91 Å². The SMILES string of the molecule is O=C(Cn1ncc2ccccc2c1=O)Nc1ccc(Oc2ccccc2Cl)cc1. The van der Waals surface area contributed by atoms with Gasteiger partial charge in [-0.15, -0.1) is 0 Å². The maximum absolute atomic E-state index is 12.5. The topological polar surface area (TPSA) is 73.2 Å². The average molecular weight is 406 g/mol. The molecule has 7 heteroatoms. The molecule has 0 saturated carbocycles. The van der Waals surface area contributed by atoms with Crippen molar-refractivity contribution in [2.24, 2.45) is 0 Å². The van der Waals surface area contributed by atoms with Gasteiger partial charge in [0.25, 0.3) is 5.56 Å². The number of anilines is 1. The quantitative estimate of drug-likeness (QED) is 0.531. The highest BCUT2D eigenvalue weighted by molar-refractivity contribution is 6.32. The minimum absolute atomic E-state index is 0.179. The number of hydrogen-bond acceptors (Lipinski definition) is 4. The molecule has 0 aliphatic carbocycles. The summed E-state index contributed by atoms with van der Waals surface area (Å²) in [5, 5.41) is 8.59. The Kier molecular flexibility index (Phi) is 5.27. The predicted octanol–water partition coefficient (Wildman–Crippen LogP) is 4.48. The van der Waals surface area contributed by atoms with Gasteiger partial charge in [0.1, 0.15) is 18.0 Å². The number of para-hydroxylation sites is 1. The fourth-order valence-corrected chi connectivity index (χ4v) is 3.01. The summed E-state index contributed by atoms with van der Waals surface area (Å²) < 4.78 is 6.87. The monoisotopic (exact) mass is 405 g/mol.